The van der Waals surface area contributed by atoms with Gasteiger partial charge in [-0.15, -0.1) is 0 Å². The molecule has 3 nitrogen and oxygen atoms in total. The molecule has 100 valence electrons. The van der Waals surface area contributed by atoms with Crippen LogP contribution < -0.4 is 11.1 Å². The van der Waals surface area contributed by atoms with E-state index in [1.54, 1.807) is 0 Å². The van der Waals surface area contributed by atoms with Crippen LogP contribution in [0.25, 0.3) is 0 Å². The van der Waals surface area contributed by atoms with Crippen LogP contribution in [0.3, 0.4) is 0 Å². The van der Waals surface area contributed by atoms with Gasteiger partial charge in [-0.25, -0.2) is 0 Å². The maximum atomic E-state index is 11.9. The van der Waals surface area contributed by atoms with E-state index in [0.717, 1.165) is 23.5 Å². The third kappa shape index (κ3) is 5.10. The zero-order valence-corrected chi connectivity index (χ0v) is 11.9. The maximum Gasteiger partial charge on any atom is 0.241 e. The van der Waals surface area contributed by atoms with E-state index >= 15 is 0 Å². The zero-order valence-electron chi connectivity index (χ0n) is 11.1. The Morgan fingerprint density at radius 1 is 1.39 bits per heavy atom. The van der Waals surface area contributed by atoms with Crippen LogP contribution in [-0.2, 0) is 4.79 Å². The van der Waals surface area contributed by atoms with Crippen molar-refractivity contribution >= 4 is 17.7 Å². The fraction of sp³-hybridized carbons (Fsp3) is 0.500. The summed E-state index contributed by atoms with van der Waals surface area (Å²) in [7, 11) is 0. The van der Waals surface area contributed by atoms with Crippen LogP contribution in [0, 0.1) is 0 Å². The molecule has 0 radical (unpaired) electrons. The Labute approximate surface area is 114 Å². The number of carbonyl (C=O) groups excluding carboxylic acids is 1. The van der Waals surface area contributed by atoms with Gasteiger partial charge in [0.2, 0.25) is 5.91 Å². The summed E-state index contributed by atoms with van der Waals surface area (Å²) in [5.74, 6) is 2.08. The second kappa shape index (κ2) is 8.16. The summed E-state index contributed by atoms with van der Waals surface area (Å²) in [6, 6.07) is 9.05. The molecular formula is C14H22N2OS. The van der Waals surface area contributed by atoms with Crippen molar-refractivity contribution in [1.82, 2.24) is 5.32 Å². The molecule has 0 aliphatic carbocycles. The largest absolute Gasteiger partial charge is 0.352 e. The number of hydrogen-bond acceptors (Lipinski definition) is 3. The topological polar surface area (TPSA) is 55.1 Å². The van der Waals surface area contributed by atoms with Crippen molar-refractivity contribution in [2.24, 2.45) is 5.73 Å². The Morgan fingerprint density at radius 3 is 2.67 bits per heavy atom. The summed E-state index contributed by atoms with van der Waals surface area (Å²) in [5.41, 5.74) is 6.78. The van der Waals surface area contributed by atoms with Crippen molar-refractivity contribution in [3.63, 3.8) is 0 Å². The Hall–Kier alpha value is -1.00. The van der Waals surface area contributed by atoms with Crippen molar-refractivity contribution < 1.29 is 4.79 Å². The van der Waals surface area contributed by atoms with Gasteiger partial charge in [-0.2, -0.15) is 11.8 Å². The molecule has 1 rings (SSSR count). The molecule has 1 amide bonds. The molecule has 4 heteroatoms. The first-order chi connectivity index (χ1) is 8.65. The van der Waals surface area contributed by atoms with Crippen LogP contribution in [0.5, 0.6) is 0 Å². The molecule has 2 unspecified atom stereocenters. The van der Waals surface area contributed by atoms with E-state index in [1.165, 1.54) is 0 Å². The highest BCUT2D eigenvalue weighted by atomic mass is 32.2. The summed E-state index contributed by atoms with van der Waals surface area (Å²) in [5, 5.41) is 2.96. The van der Waals surface area contributed by atoms with Crippen LogP contribution in [0.15, 0.2) is 30.3 Å². The second-order valence-electron chi connectivity index (χ2n) is 4.28. The van der Waals surface area contributed by atoms with E-state index in [-0.39, 0.29) is 11.9 Å². The van der Waals surface area contributed by atoms with Gasteiger partial charge in [0.05, 0.1) is 0 Å². The Morgan fingerprint density at radius 2 is 2.06 bits per heavy atom. The molecule has 0 bridgehead atoms. The third-order valence-corrected chi connectivity index (χ3v) is 3.66. The first-order valence-electron chi connectivity index (χ1n) is 6.33. The quantitative estimate of drug-likeness (QED) is 0.745. The summed E-state index contributed by atoms with van der Waals surface area (Å²) < 4.78 is 0. The van der Waals surface area contributed by atoms with Crippen LogP contribution in [0.4, 0.5) is 0 Å². The molecule has 3 N–H and O–H groups in total. The molecule has 0 spiro atoms. The lowest BCUT2D eigenvalue weighted by Gasteiger charge is -2.17. The van der Waals surface area contributed by atoms with Crippen molar-refractivity contribution in [2.45, 2.75) is 32.4 Å². The molecule has 0 aliphatic rings. The first kappa shape index (κ1) is 15.1. The third-order valence-electron chi connectivity index (χ3n) is 2.73. The highest BCUT2D eigenvalue weighted by Gasteiger charge is 2.16. The molecule has 2 atom stereocenters. The van der Waals surface area contributed by atoms with E-state index in [2.05, 4.69) is 12.2 Å². The van der Waals surface area contributed by atoms with Gasteiger partial charge in [-0.1, -0.05) is 37.3 Å². The Kier molecular flexibility index (Phi) is 6.83. The number of thioether (sulfide) groups is 1. The van der Waals surface area contributed by atoms with Crippen molar-refractivity contribution in [1.29, 1.82) is 0 Å². The van der Waals surface area contributed by atoms with E-state index in [1.807, 2.05) is 49.0 Å². The summed E-state index contributed by atoms with van der Waals surface area (Å²) in [6.07, 6.45) is 0.978. The number of nitrogens with one attached hydrogen (secondary N) is 1. The van der Waals surface area contributed by atoms with E-state index < -0.39 is 6.04 Å². The van der Waals surface area contributed by atoms with E-state index in [4.69, 9.17) is 5.73 Å². The SMILES string of the molecule is CCSCCC(C)NC(=O)C(N)c1ccccc1. The van der Waals surface area contributed by atoms with E-state index in [9.17, 15) is 4.79 Å². The van der Waals surface area contributed by atoms with Crippen molar-refractivity contribution in [3.05, 3.63) is 35.9 Å². The molecule has 0 aliphatic heterocycles. The minimum absolute atomic E-state index is 0.102. The lowest BCUT2D eigenvalue weighted by Crippen LogP contribution is -2.39. The molecule has 0 heterocycles. The van der Waals surface area contributed by atoms with Crippen LogP contribution in [-0.4, -0.2) is 23.5 Å². The van der Waals surface area contributed by atoms with Crippen molar-refractivity contribution in [2.75, 3.05) is 11.5 Å². The number of rotatable bonds is 7. The lowest BCUT2D eigenvalue weighted by molar-refractivity contribution is -0.123. The smallest absolute Gasteiger partial charge is 0.241 e. The lowest BCUT2D eigenvalue weighted by atomic mass is 10.1. The molecule has 0 saturated heterocycles. The average molecular weight is 266 g/mol. The minimum atomic E-state index is -0.576. The molecule has 18 heavy (non-hydrogen) atoms. The molecule has 0 fully saturated rings. The molecular weight excluding hydrogens is 244 g/mol. The number of hydrogen-bond donors (Lipinski definition) is 2. The first-order valence-corrected chi connectivity index (χ1v) is 7.49. The fourth-order valence-electron chi connectivity index (χ4n) is 1.62. The van der Waals surface area contributed by atoms with Gasteiger partial charge in [0, 0.05) is 6.04 Å². The van der Waals surface area contributed by atoms with Crippen LogP contribution >= 0.6 is 11.8 Å². The Bertz CT molecular complexity index is 356. The monoisotopic (exact) mass is 266 g/mol. The van der Waals surface area contributed by atoms with Crippen molar-refractivity contribution in [3.8, 4) is 0 Å². The number of amides is 1. The Balaban J connectivity index is 2.40. The second-order valence-corrected chi connectivity index (χ2v) is 5.68. The van der Waals surface area contributed by atoms with Gasteiger partial charge in [0.15, 0.2) is 0 Å². The maximum absolute atomic E-state index is 11.9. The van der Waals surface area contributed by atoms with Gasteiger partial charge in [0.25, 0.3) is 0 Å². The van der Waals surface area contributed by atoms with Gasteiger partial charge < -0.3 is 11.1 Å². The molecule has 0 aromatic heterocycles. The molecule has 1 aromatic rings. The summed E-state index contributed by atoms with van der Waals surface area (Å²) >= 11 is 1.89. The number of benzene rings is 1. The average Bonchev–Trinajstić information content (AvgIpc) is 2.39. The predicted molar refractivity (Wildman–Crippen MR) is 78.6 cm³/mol. The highest BCUT2D eigenvalue weighted by molar-refractivity contribution is 7.99. The number of nitrogens with two attached hydrogens (primary N) is 1. The van der Waals surface area contributed by atoms with Gasteiger partial charge in [-0.3, -0.25) is 4.79 Å². The summed E-state index contributed by atoms with van der Waals surface area (Å²) in [6.45, 7) is 4.16. The fourth-order valence-corrected chi connectivity index (χ4v) is 2.43. The van der Waals surface area contributed by atoms with Crippen LogP contribution in [0.2, 0.25) is 0 Å². The van der Waals surface area contributed by atoms with Crippen LogP contribution in [0.1, 0.15) is 31.9 Å². The standard InChI is InChI=1S/C14H22N2OS/c1-3-18-10-9-11(2)16-14(17)13(15)12-7-5-4-6-8-12/h4-8,11,13H,3,9-10,15H2,1-2H3,(H,16,17). The van der Waals surface area contributed by atoms with Gasteiger partial charge >= 0.3 is 0 Å². The van der Waals surface area contributed by atoms with E-state index in [0.29, 0.717) is 0 Å². The van der Waals surface area contributed by atoms with Gasteiger partial charge in [-0.05, 0) is 30.4 Å². The van der Waals surface area contributed by atoms with Gasteiger partial charge in [0.1, 0.15) is 6.04 Å². The predicted octanol–water partition coefficient (Wildman–Crippen LogP) is 2.33. The minimum Gasteiger partial charge on any atom is -0.352 e. The highest BCUT2D eigenvalue weighted by Crippen LogP contribution is 2.10. The zero-order chi connectivity index (χ0) is 13.4. The number of carbonyl (C=O) groups is 1. The molecule has 1 aromatic carbocycles. The molecule has 0 saturated carbocycles. The normalized spacial score (nSPS) is 13.9. The summed E-state index contributed by atoms with van der Waals surface area (Å²) in [4.78, 5) is 11.9.